The van der Waals surface area contributed by atoms with Gasteiger partial charge in [0, 0.05) is 31.0 Å². The molecular weight excluding hydrogens is 372 g/mol. The molecule has 29 heavy (non-hydrogen) atoms. The van der Waals surface area contributed by atoms with Crippen molar-refractivity contribution >= 4 is 23.2 Å². The Morgan fingerprint density at radius 3 is 2.62 bits per heavy atom. The van der Waals surface area contributed by atoms with E-state index in [2.05, 4.69) is 15.3 Å². The molecule has 2 aromatic carbocycles. The number of ether oxygens (including phenoxy) is 2. The molecule has 3 aromatic rings. The lowest BCUT2D eigenvalue weighted by molar-refractivity contribution is -0.121. The number of amides is 2. The second-order valence-electron chi connectivity index (χ2n) is 6.26. The van der Waals surface area contributed by atoms with Crippen molar-refractivity contribution < 1.29 is 19.1 Å². The van der Waals surface area contributed by atoms with Gasteiger partial charge in [-0.2, -0.15) is 0 Å². The molecule has 8 nitrogen and oxygen atoms in total. The highest BCUT2D eigenvalue weighted by molar-refractivity contribution is 5.99. The van der Waals surface area contributed by atoms with Crippen LogP contribution in [-0.4, -0.2) is 34.9 Å². The van der Waals surface area contributed by atoms with Crippen LogP contribution in [0.2, 0.25) is 0 Å². The molecule has 0 atom stereocenters. The number of nitrogens with one attached hydrogen (secondary N) is 1. The maximum Gasteiger partial charge on any atom is 0.321 e. The molecular formula is C21H18N4O4. The molecule has 146 valence electrons. The van der Waals surface area contributed by atoms with Crippen LogP contribution < -0.4 is 19.7 Å². The zero-order chi connectivity index (χ0) is 20.1. The Labute approximate surface area is 167 Å². The molecule has 1 aliphatic rings. The topological polar surface area (TPSA) is 93.7 Å². The highest BCUT2D eigenvalue weighted by atomic mass is 16.5. The van der Waals surface area contributed by atoms with Crippen LogP contribution in [0.1, 0.15) is 6.42 Å². The third-order valence-electron chi connectivity index (χ3n) is 4.26. The molecule has 1 aliphatic heterocycles. The van der Waals surface area contributed by atoms with E-state index in [1.165, 1.54) is 0 Å². The van der Waals surface area contributed by atoms with Crippen molar-refractivity contribution in [2.45, 2.75) is 6.42 Å². The van der Waals surface area contributed by atoms with Gasteiger partial charge in [0.2, 0.25) is 5.91 Å². The fraction of sp³-hybridized carbons (Fsp3) is 0.143. The molecule has 0 bridgehead atoms. The molecule has 8 heteroatoms. The lowest BCUT2D eigenvalue weighted by Gasteiger charge is -2.29. The molecule has 0 radical (unpaired) electrons. The summed E-state index contributed by atoms with van der Waals surface area (Å²) in [5.41, 5.74) is 1.31. The number of hydrogen-bond donors (Lipinski definition) is 1. The number of carbonyl (C=O) groups excluding carboxylic acids is 2. The van der Waals surface area contributed by atoms with Crippen LogP contribution in [-0.2, 0) is 9.59 Å². The molecule has 0 aliphatic carbocycles. The minimum absolute atomic E-state index is 0.0226. The number of hydrogen-bond acceptors (Lipinski definition) is 6. The van der Waals surface area contributed by atoms with Gasteiger partial charge in [0.15, 0.2) is 6.61 Å². The maximum absolute atomic E-state index is 12.3. The van der Waals surface area contributed by atoms with E-state index in [-0.39, 0.29) is 37.4 Å². The highest BCUT2D eigenvalue weighted by Gasteiger charge is 2.25. The van der Waals surface area contributed by atoms with Crippen LogP contribution in [0.3, 0.4) is 0 Å². The van der Waals surface area contributed by atoms with Gasteiger partial charge in [0.1, 0.15) is 11.5 Å². The van der Waals surface area contributed by atoms with Gasteiger partial charge in [0.05, 0.1) is 5.69 Å². The predicted molar refractivity (Wildman–Crippen MR) is 106 cm³/mol. The Balaban J connectivity index is 1.33. The summed E-state index contributed by atoms with van der Waals surface area (Å²) in [5.74, 6) is 0.846. The average molecular weight is 390 g/mol. The monoisotopic (exact) mass is 390 g/mol. The molecule has 0 saturated carbocycles. The number of benzene rings is 2. The molecule has 0 fully saturated rings. The fourth-order valence-electron chi connectivity index (χ4n) is 2.89. The molecule has 0 spiro atoms. The lowest BCUT2D eigenvalue weighted by Crippen LogP contribution is -2.40. The number of carbonyl (C=O) groups is 2. The van der Waals surface area contributed by atoms with E-state index in [1.54, 1.807) is 59.8 Å². The van der Waals surface area contributed by atoms with E-state index in [4.69, 9.17) is 9.47 Å². The largest absolute Gasteiger partial charge is 0.482 e. The zero-order valence-electron chi connectivity index (χ0n) is 15.4. The summed E-state index contributed by atoms with van der Waals surface area (Å²) in [6, 6.07) is 16.1. The molecule has 0 saturated heterocycles. The quantitative estimate of drug-likeness (QED) is 0.695. The van der Waals surface area contributed by atoms with Gasteiger partial charge in [-0.15, -0.1) is 0 Å². The van der Waals surface area contributed by atoms with Crippen LogP contribution >= 0.6 is 0 Å². The zero-order valence-corrected chi connectivity index (χ0v) is 15.4. The third kappa shape index (κ3) is 4.49. The van der Waals surface area contributed by atoms with Gasteiger partial charge in [-0.3, -0.25) is 9.59 Å². The number of anilines is 2. The predicted octanol–water partition coefficient (Wildman–Crippen LogP) is 3.02. The van der Waals surface area contributed by atoms with Gasteiger partial charge < -0.3 is 19.7 Å². The standard InChI is InChI=1S/C21H18N4O4/c26-19(10-13-25-17-4-1-2-5-18(17)28-14-20(25)27)24-15-6-8-16(9-7-15)29-21-22-11-3-12-23-21/h1-9,11-12H,10,13-14H2,(H,24,26). The Morgan fingerprint density at radius 2 is 1.83 bits per heavy atom. The minimum atomic E-state index is -0.193. The van der Waals surface area contributed by atoms with Crippen LogP contribution in [0.4, 0.5) is 11.4 Å². The molecule has 4 rings (SSSR count). The molecule has 1 N–H and O–H groups in total. The van der Waals surface area contributed by atoms with Gasteiger partial charge in [-0.05, 0) is 42.5 Å². The van der Waals surface area contributed by atoms with Crippen molar-refractivity contribution in [3.05, 3.63) is 67.0 Å². The maximum atomic E-state index is 12.3. The fourth-order valence-corrected chi connectivity index (χ4v) is 2.89. The van der Waals surface area contributed by atoms with Crippen molar-refractivity contribution in [1.29, 1.82) is 0 Å². The Bertz CT molecular complexity index is 1010. The van der Waals surface area contributed by atoms with Crippen LogP contribution in [0.25, 0.3) is 0 Å². The van der Waals surface area contributed by atoms with Crippen LogP contribution in [0.15, 0.2) is 67.0 Å². The summed E-state index contributed by atoms with van der Waals surface area (Å²) in [4.78, 5) is 34.0. The molecule has 1 aromatic heterocycles. The van der Waals surface area contributed by atoms with E-state index < -0.39 is 0 Å². The highest BCUT2D eigenvalue weighted by Crippen LogP contribution is 2.31. The number of nitrogens with zero attached hydrogens (tertiary/aromatic N) is 3. The molecule has 0 unspecified atom stereocenters. The van der Waals surface area contributed by atoms with Crippen molar-refractivity contribution in [3.8, 4) is 17.5 Å². The minimum Gasteiger partial charge on any atom is -0.482 e. The summed E-state index contributed by atoms with van der Waals surface area (Å²) < 4.78 is 10.9. The van der Waals surface area contributed by atoms with Gasteiger partial charge in [-0.1, -0.05) is 12.1 Å². The Hall–Kier alpha value is -3.94. The molecule has 2 amide bonds. The van der Waals surface area contributed by atoms with Gasteiger partial charge >= 0.3 is 6.01 Å². The van der Waals surface area contributed by atoms with Crippen LogP contribution in [0, 0.1) is 0 Å². The molecule has 2 heterocycles. The summed E-state index contributed by atoms with van der Waals surface area (Å²) in [7, 11) is 0. The number of para-hydroxylation sites is 2. The van der Waals surface area contributed by atoms with Gasteiger partial charge in [0.25, 0.3) is 5.91 Å². The van der Waals surface area contributed by atoms with E-state index >= 15 is 0 Å². The van der Waals surface area contributed by atoms with Gasteiger partial charge in [-0.25, -0.2) is 9.97 Å². The Morgan fingerprint density at radius 1 is 1.07 bits per heavy atom. The van der Waals surface area contributed by atoms with E-state index in [0.717, 1.165) is 0 Å². The number of rotatable bonds is 6. The summed E-state index contributed by atoms with van der Waals surface area (Å²) in [6.45, 7) is 0.253. The first-order chi connectivity index (χ1) is 14.2. The second-order valence-corrected chi connectivity index (χ2v) is 6.26. The summed E-state index contributed by atoms with van der Waals surface area (Å²) >= 11 is 0. The average Bonchev–Trinajstić information content (AvgIpc) is 2.75. The van der Waals surface area contributed by atoms with E-state index in [0.29, 0.717) is 22.9 Å². The van der Waals surface area contributed by atoms with Crippen molar-refractivity contribution in [2.75, 3.05) is 23.4 Å². The van der Waals surface area contributed by atoms with Crippen molar-refractivity contribution in [1.82, 2.24) is 9.97 Å². The number of aromatic nitrogens is 2. The first-order valence-electron chi connectivity index (χ1n) is 9.06. The van der Waals surface area contributed by atoms with Crippen molar-refractivity contribution in [2.24, 2.45) is 0 Å². The summed E-state index contributed by atoms with van der Waals surface area (Å²) in [5, 5.41) is 2.82. The smallest absolute Gasteiger partial charge is 0.321 e. The first-order valence-corrected chi connectivity index (χ1v) is 9.06. The third-order valence-corrected chi connectivity index (χ3v) is 4.26. The second kappa shape index (κ2) is 8.39. The van der Waals surface area contributed by atoms with Crippen molar-refractivity contribution in [3.63, 3.8) is 0 Å². The lowest BCUT2D eigenvalue weighted by atomic mass is 10.2. The Kier molecular flexibility index (Phi) is 5.33. The number of fused-ring (bicyclic) bond motifs is 1. The SMILES string of the molecule is O=C(CCN1C(=O)COc2ccccc21)Nc1ccc(Oc2ncccn2)cc1. The normalized spacial score (nSPS) is 12.7. The van der Waals surface area contributed by atoms with E-state index in [9.17, 15) is 9.59 Å². The van der Waals surface area contributed by atoms with Crippen LogP contribution in [0.5, 0.6) is 17.5 Å². The first kappa shape index (κ1) is 18.4. The van der Waals surface area contributed by atoms with E-state index in [1.807, 2.05) is 12.1 Å². The summed E-state index contributed by atoms with van der Waals surface area (Å²) in [6.07, 6.45) is 3.35.